The van der Waals surface area contributed by atoms with Gasteiger partial charge in [0.2, 0.25) is 11.8 Å². The van der Waals surface area contributed by atoms with Crippen molar-refractivity contribution in [1.29, 1.82) is 0 Å². The van der Waals surface area contributed by atoms with E-state index in [1.807, 2.05) is 53.5 Å². The smallest absolute Gasteiger partial charge is 0.224 e. The van der Waals surface area contributed by atoms with Gasteiger partial charge in [-0.3, -0.25) is 19.5 Å². The van der Waals surface area contributed by atoms with E-state index >= 15 is 0 Å². The third-order valence-corrected chi connectivity index (χ3v) is 6.52. The lowest BCUT2D eigenvalue weighted by Crippen LogP contribution is -2.28. The van der Waals surface area contributed by atoms with Crippen LogP contribution in [0.5, 0.6) is 0 Å². The maximum absolute atomic E-state index is 13.2. The summed E-state index contributed by atoms with van der Waals surface area (Å²) in [5.41, 5.74) is 4.16. The summed E-state index contributed by atoms with van der Waals surface area (Å²) < 4.78 is 0. The molecule has 2 heterocycles. The van der Waals surface area contributed by atoms with Gasteiger partial charge in [-0.05, 0) is 48.7 Å². The molecule has 0 spiro atoms. The van der Waals surface area contributed by atoms with E-state index in [0.29, 0.717) is 16.8 Å². The zero-order valence-electron chi connectivity index (χ0n) is 20.4. The van der Waals surface area contributed by atoms with Crippen LogP contribution in [-0.2, 0) is 9.59 Å². The molecule has 0 unspecified atom stereocenters. The molecule has 0 aliphatic carbocycles. The quantitative estimate of drug-likeness (QED) is 0.326. The number of ketones is 1. The van der Waals surface area contributed by atoms with Crippen LogP contribution in [0.3, 0.4) is 0 Å². The number of fused-ring (bicyclic) bond motifs is 1. The topological polar surface area (TPSA) is 95.2 Å². The summed E-state index contributed by atoms with van der Waals surface area (Å²) >= 11 is 0. The van der Waals surface area contributed by atoms with Crippen LogP contribution in [0.4, 0.5) is 5.69 Å². The highest BCUT2D eigenvalue weighted by molar-refractivity contribution is 6.11. The van der Waals surface area contributed by atoms with Gasteiger partial charge in [0.05, 0.1) is 11.2 Å². The van der Waals surface area contributed by atoms with Gasteiger partial charge in [0.25, 0.3) is 0 Å². The van der Waals surface area contributed by atoms with Crippen molar-refractivity contribution in [3.8, 4) is 0 Å². The summed E-state index contributed by atoms with van der Waals surface area (Å²) in [5.74, 6) is -0.380. The van der Waals surface area contributed by atoms with Gasteiger partial charge in [-0.2, -0.15) is 5.10 Å². The standard InChI is InChI=1S/C30H28N4O3/c35-28(15-16-29(36)34-17-4-5-18-34)31-24-10-6-9-22(19-24)30(37)23-12-13-25-26(32-33-27(25)20-23)14-11-21-7-2-1-3-8-21/h1-3,6-14,19-20H,4-5,15-18H2,(H,31,35)(H,32,33)/b14-11+. The number of aromatic amines is 1. The first-order chi connectivity index (χ1) is 18.1. The van der Waals surface area contributed by atoms with E-state index in [9.17, 15) is 14.4 Å². The maximum atomic E-state index is 13.2. The second-order valence-corrected chi connectivity index (χ2v) is 9.16. The van der Waals surface area contributed by atoms with Gasteiger partial charge in [0, 0.05) is 48.1 Å². The predicted octanol–water partition coefficient (Wildman–Crippen LogP) is 5.31. The molecule has 7 nitrogen and oxygen atoms in total. The van der Waals surface area contributed by atoms with Crippen LogP contribution >= 0.6 is 0 Å². The van der Waals surface area contributed by atoms with E-state index in [2.05, 4.69) is 15.5 Å². The molecule has 1 fully saturated rings. The van der Waals surface area contributed by atoms with Crippen molar-refractivity contribution in [1.82, 2.24) is 15.1 Å². The van der Waals surface area contributed by atoms with Gasteiger partial charge in [-0.1, -0.05) is 54.6 Å². The third-order valence-electron chi connectivity index (χ3n) is 6.52. The van der Waals surface area contributed by atoms with E-state index in [1.54, 1.807) is 36.4 Å². The molecule has 3 aromatic carbocycles. The van der Waals surface area contributed by atoms with Crippen LogP contribution in [0, 0.1) is 0 Å². The Bertz CT molecular complexity index is 1470. The molecule has 2 amide bonds. The van der Waals surface area contributed by atoms with Crippen LogP contribution in [0.2, 0.25) is 0 Å². The number of carbonyl (C=O) groups is 3. The summed E-state index contributed by atoms with van der Waals surface area (Å²) in [6.45, 7) is 1.56. The second kappa shape index (κ2) is 11.0. The molecule has 2 N–H and O–H groups in total. The van der Waals surface area contributed by atoms with E-state index in [1.165, 1.54) is 0 Å². The van der Waals surface area contributed by atoms with Crippen molar-refractivity contribution in [3.05, 3.63) is 95.2 Å². The number of aromatic nitrogens is 2. The number of rotatable bonds is 8. The van der Waals surface area contributed by atoms with Crippen LogP contribution in [-0.4, -0.2) is 45.8 Å². The van der Waals surface area contributed by atoms with Crippen molar-refractivity contribution >= 4 is 46.3 Å². The summed E-state index contributed by atoms with van der Waals surface area (Å²) in [5, 5.41) is 11.1. The van der Waals surface area contributed by atoms with Gasteiger partial charge in [-0.25, -0.2) is 0 Å². The molecule has 0 bridgehead atoms. The monoisotopic (exact) mass is 492 g/mol. The fourth-order valence-electron chi connectivity index (χ4n) is 4.52. The lowest BCUT2D eigenvalue weighted by molar-refractivity contribution is -0.131. The maximum Gasteiger partial charge on any atom is 0.224 e. The average Bonchev–Trinajstić information content (AvgIpc) is 3.61. The molecule has 1 aromatic heterocycles. The number of hydrogen-bond acceptors (Lipinski definition) is 4. The second-order valence-electron chi connectivity index (χ2n) is 9.16. The predicted molar refractivity (Wildman–Crippen MR) is 145 cm³/mol. The van der Waals surface area contributed by atoms with E-state index in [4.69, 9.17) is 0 Å². The lowest BCUT2D eigenvalue weighted by atomic mass is 10.0. The number of likely N-dealkylation sites (tertiary alicyclic amines) is 1. The van der Waals surface area contributed by atoms with Crippen molar-refractivity contribution in [2.75, 3.05) is 18.4 Å². The average molecular weight is 493 g/mol. The number of nitrogens with zero attached hydrogens (tertiary/aromatic N) is 2. The lowest BCUT2D eigenvalue weighted by Gasteiger charge is -2.14. The van der Waals surface area contributed by atoms with Gasteiger partial charge in [0.15, 0.2) is 5.78 Å². The van der Waals surface area contributed by atoms with Crippen LogP contribution in [0.1, 0.15) is 52.9 Å². The largest absolute Gasteiger partial charge is 0.343 e. The number of carbonyl (C=O) groups excluding carboxylic acids is 3. The van der Waals surface area contributed by atoms with Gasteiger partial charge in [-0.15, -0.1) is 0 Å². The minimum Gasteiger partial charge on any atom is -0.343 e. The number of benzene rings is 3. The number of hydrogen-bond donors (Lipinski definition) is 2. The molecular weight excluding hydrogens is 464 g/mol. The van der Waals surface area contributed by atoms with Crippen molar-refractivity contribution < 1.29 is 14.4 Å². The summed E-state index contributed by atoms with van der Waals surface area (Å²) in [7, 11) is 0. The molecule has 7 heteroatoms. The van der Waals surface area contributed by atoms with Crippen molar-refractivity contribution in [2.45, 2.75) is 25.7 Å². The molecule has 5 rings (SSSR count). The molecule has 0 radical (unpaired) electrons. The Hall–Kier alpha value is -4.52. The SMILES string of the molecule is O=C(CCC(=O)N1CCCC1)Nc1cccc(C(=O)c2ccc3c(/C=C/c4ccccc4)n[nH]c3c2)c1. The Balaban J connectivity index is 1.24. The molecule has 1 saturated heterocycles. The number of nitrogens with one attached hydrogen (secondary N) is 2. The van der Waals surface area contributed by atoms with E-state index in [-0.39, 0.29) is 30.4 Å². The highest BCUT2D eigenvalue weighted by Crippen LogP contribution is 2.22. The van der Waals surface area contributed by atoms with Crippen LogP contribution < -0.4 is 5.32 Å². The van der Waals surface area contributed by atoms with E-state index in [0.717, 1.165) is 48.1 Å². The molecule has 186 valence electrons. The third kappa shape index (κ3) is 5.83. The molecule has 1 aliphatic rings. The number of anilines is 1. The van der Waals surface area contributed by atoms with Crippen molar-refractivity contribution in [3.63, 3.8) is 0 Å². The minimum absolute atomic E-state index is 0.0180. The molecule has 0 atom stereocenters. The fraction of sp³-hybridized carbons (Fsp3) is 0.200. The summed E-state index contributed by atoms with van der Waals surface area (Å²) in [4.78, 5) is 39.6. The molecular formula is C30H28N4O3. The first kappa shape index (κ1) is 24.2. The Morgan fingerprint density at radius 1 is 0.865 bits per heavy atom. The normalized spacial score (nSPS) is 13.4. The van der Waals surface area contributed by atoms with Crippen molar-refractivity contribution in [2.24, 2.45) is 0 Å². The first-order valence-corrected chi connectivity index (χ1v) is 12.5. The Morgan fingerprint density at radius 2 is 1.65 bits per heavy atom. The highest BCUT2D eigenvalue weighted by Gasteiger charge is 2.19. The zero-order valence-corrected chi connectivity index (χ0v) is 20.4. The Labute approximate surface area is 215 Å². The molecule has 37 heavy (non-hydrogen) atoms. The molecule has 0 saturated carbocycles. The Kier molecular flexibility index (Phi) is 7.21. The fourth-order valence-corrected chi connectivity index (χ4v) is 4.52. The van der Waals surface area contributed by atoms with Gasteiger partial charge >= 0.3 is 0 Å². The first-order valence-electron chi connectivity index (χ1n) is 12.5. The molecule has 4 aromatic rings. The van der Waals surface area contributed by atoms with Crippen LogP contribution in [0.25, 0.3) is 23.1 Å². The van der Waals surface area contributed by atoms with E-state index < -0.39 is 0 Å². The number of H-pyrrole nitrogens is 1. The summed E-state index contributed by atoms with van der Waals surface area (Å²) in [6, 6.07) is 22.3. The summed E-state index contributed by atoms with van der Waals surface area (Å²) in [6.07, 6.45) is 6.30. The minimum atomic E-state index is -0.243. The highest BCUT2D eigenvalue weighted by atomic mass is 16.2. The molecule has 1 aliphatic heterocycles. The van der Waals surface area contributed by atoms with Gasteiger partial charge < -0.3 is 10.2 Å². The zero-order chi connectivity index (χ0) is 25.6. The van der Waals surface area contributed by atoms with Gasteiger partial charge in [0.1, 0.15) is 0 Å². The Morgan fingerprint density at radius 3 is 2.46 bits per heavy atom. The number of amides is 2. The van der Waals surface area contributed by atoms with Crippen LogP contribution in [0.15, 0.2) is 72.8 Å².